The molecule has 30 heavy (non-hydrogen) atoms. The van der Waals surface area contributed by atoms with Crippen LogP contribution in [0.4, 0.5) is 18.0 Å². The van der Waals surface area contributed by atoms with Crippen molar-refractivity contribution in [2.75, 3.05) is 19.6 Å². The largest absolute Gasteiger partial charge is 0.416 e. The van der Waals surface area contributed by atoms with Gasteiger partial charge >= 0.3 is 12.2 Å². The van der Waals surface area contributed by atoms with E-state index in [1.807, 2.05) is 30.3 Å². The topological polar surface area (TPSA) is 61.4 Å². The standard InChI is InChI=1S/C22H24F3N3O2/c23-22(24,25)19-10-4-9-18(12-19)20(29)26-14-17-8-5-11-28(15-17)21(30)27-13-16-6-2-1-3-7-16/h1-4,6-7,9-10,12,17H,5,8,11,13-15H2,(H,26,29)(H,27,30). The number of hydrogen-bond acceptors (Lipinski definition) is 2. The zero-order valence-corrected chi connectivity index (χ0v) is 16.4. The number of nitrogens with one attached hydrogen (secondary N) is 2. The van der Waals surface area contributed by atoms with Crippen LogP contribution in [0.2, 0.25) is 0 Å². The number of halogens is 3. The SMILES string of the molecule is O=C(NCC1CCCN(C(=O)NCc2ccccc2)C1)c1cccc(C(F)(F)F)c1. The van der Waals surface area contributed by atoms with Gasteiger partial charge in [0.05, 0.1) is 5.56 Å². The fraction of sp³-hybridized carbons (Fsp3) is 0.364. The third-order valence-corrected chi connectivity index (χ3v) is 5.10. The minimum atomic E-state index is -4.49. The first kappa shape index (κ1) is 21.7. The van der Waals surface area contributed by atoms with E-state index in [1.165, 1.54) is 12.1 Å². The van der Waals surface area contributed by atoms with E-state index in [2.05, 4.69) is 10.6 Å². The minimum Gasteiger partial charge on any atom is -0.352 e. The Morgan fingerprint density at radius 1 is 1.03 bits per heavy atom. The summed E-state index contributed by atoms with van der Waals surface area (Å²) in [5.74, 6) is -0.497. The number of alkyl halides is 3. The van der Waals surface area contributed by atoms with Crippen LogP contribution in [-0.4, -0.2) is 36.5 Å². The average Bonchev–Trinajstić information content (AvgIpc) is 2.76. The Labute approximate surface area is 173 Å². The van der Waals surface area contributed by atoms with Crippen LogP contribution in [0.25, 0.3) is 0 Å². The van der Waals surface area contributed by atoms with Crippen molar-refractivity contribution in [3.05, 3.63) is 71.3 Å². The van der Waals surface area contributed by atoms with E-state index in [-0.39, 0.29) is 17.5 Å². The number of urea groups is 1. The minimum absolute atomic E-state index is 0.0295. The Hall–Kier alpha value is -3.03. The van der Waals surface area contributed by atoms with Gasteiger partial charge in [0.25, 0.3) is 5.91 Å². The summed E-state index contributed by atoms with van der Waals surface area (Å²) in [6, 6.07) is 13.8. The second kappa shape index (κ2) is 9.65. The van der Waals surface area contributed by atoms with Crippen LogP contribution in [-0.2, 0) is 12.7 Å². The Morgan fingerprint density at radius 3 is 2.53 bits per heavy atom. The molecule has 1 fully saturated rings. The van der Waals surface area contributed by atoms with Crippen LogP contribution in [0.1, 0.15) is 34.3 Å². The molecule has 2 aromatic rings. The average molecular weight is 419 g/mol. The van der Waals surface area contributed by atoms with E-state index >= 15 is 0 Å². The van der Waals surface area contributed by atoms with Gasteiger partial charge in [0.2, 0.25) is 0 Å². The van der Waals surface area contributed by atoms with Crippen molar-refractivity contribution in [1.82, 2.24) is 15.5 Å². The number of amides is 3. The van der Waals surface area contributed by atoms with Gasteiger partial charge in [-0.15, -0.1) is 0 Å². The van der Waals surface area contributed by atoms with Crippen molar-refractivity contribution in [1.29, 1.82) is 0 Å². The Bertz CT molecular complexity index is 871. The van der Waals surface area contributed by atoms with Gasteiger partial charge in [-0.25, -0.2) is 4.79 Å². The molecule has 1 aliphatic rings. The molecule has 8 heteroatoms. The highest BCUT2D eigenvalue weighted by Gasteiger charge is 2.31. The van der Waals surface area contributed by atoms with Crippen LogP contribution < -0.4 is 10.6 Å². The van der Waals surface area contributed by atoms with Gasteiger partial charge in [-0.05, 0) is 42.5 Å². The van der Waals surface area contributed by atoms with Crippen LogP contribution >= 0.6 is 0 Å². The first-order valence-electron chi connectivity index (χ1n) is 9.85. The quantitative estimate of drug-likeness (QED) is 0.768. The maximum atomic E-state index is 12.8. The summed E-state index contributed by atoms with van der Waals surface area (Å²) in [7, 11) is 0. The predicted octanol–water partition coefficient (Wildman–Crippen LogP) is 4.06. The summed E-state index contributed by atoms with van der Waals surface area (Å²) in [6.07, 6.45) is -2.85. The molecule has 2 N–H and O–H groups in total. The maximum Gasteiger partial charge on any atom is 0.416 e. The highest BCUT2D eigenvalue weighted by molar-refractivity contribution is 5.94. The van der Waals surface area contributed by atoms with E-state index in [9.17, 15) is 22.8 Å². The molecule has 3 amide bonds. The molecule has 0 radical (unpaired) electrons. The Morgan fingerprint density at radius 2 is 1.80 bits per heavy atom. The third kappa shape index (κ3) is 5.98. The number of hydrogen-bond donors (Lipinski definition) is 2. The number of piperidine rings is 1. The normalized spacial score (nSPS) is 16.8. The molecule has 0 aliphatic carbocycles. The summed E-state index contributed by atoms with van der Waals surface area (Å²) < 4.78 is 38.5. The number of carbonyl (C=O) groups excluding carboxylic acids is 2. The summed E-state index contributed by atoms with van der Waals surface area (Å²) >= 11 is 0. The van der Waals surface area contributed by atoms with Crippen molar-refractivity contribution in [3.8, 4) is 0 Å². The van der Waals surface area contributed by atoms with Gasteiger partial charge in [0.1, 0.15) is 0 Å². The fourth-order valence-electron chi connectivity index (χ4n) is 3.48. The molecule has 5 nitrogen and oxygen atoms in total. The van der Waals surface area contributed by atoms with Crippen LogP contribution in [0, 0.1) is 5.92 Å². The molecule has 1 saturated heterocycles. The zero-order chi connectivity index (χ0) is 21.6. The molecule has 160 valence electrons. The molecule has 2 aromatic carbocycles. The van der Waals surface area contributed by atoms with Crippen molar-refractivity contribution in [3.63, 3.8) is 0 Å². The number of carbonyl (C=O) groups is 2. The lowest BCUT2D eigenvalue weighted by molar-refractivity contribution is -0.137. The lowest BCUT2D eigenvalue weighted by Crippen LogP contribution is -2.47. The van der Waals surface area contributed by atoms with Crippen LogP contribution in [0.15, 0.2) is 54.6 Å². The number of rotatable bonds is 5. The third-order valence-electron chi connectivity index (χ3n) is 5.10. The van der Waals surface area contributed by atoms with Crippen molar-refractivity contribution < 1.29 is 22.8 Å². The Kier molecular flexibility index (Phi) is 6.97. The second-order valence-corrected chi connectivity index (χ2v) is 7.39. The van der Waals surface area contributed by atoms with Crippen LogP contribution in [0.3, 0.4) is 0 Å². The van der Waals surface area contributed by atoms with Gasteiger partial charge in [-0.1, -0.05) is 36.4 Å². The van der Waals surface area contributed by atoms with E-state index < -0.39 is 17.6 Å². The summed E-state index contributed by atoms with van der Waals surface area (Å²) in [4.78, 5) is 26.4. The maximum absolute atomic E-state index is 12.8. The molecule has 0 saturated carbocycles. The van der Waals surface area contributed by atoms with E-state index in [0.29, 0.717) is 26.2 Å². The summed E-state index contributed by atoms with van der Waals surface area (Å²) in [6.45, 7) is 1.87. The van der Waals surface area contributed by atoms with Crippen molar-refractivity contribution in [2.24, 2.45) is 5.92 Å². The van der Waals surface area contributed by atoms with Gasteiger partial charge in [0.15, 0.2) is 0 Å². The molecule has 0 bridgehead atoms. The highest BCUT2D eigenvalue weighted by Crippen LogP contribution is 2.29. The second-order valence-electron chi connectivity index (χ2n) is 7.39. The Balaban J connectivity index is 1.49. The molecule has 1 heterocycles. The summed E-state index contributed by atoms with van der Waals surface area (Å²) in [5, 5.41) is 5.59. The van der Waals surface area contributed by atoms with Gasteiger partial charge in [0, 0.05) is 31.7 Å². The number of nitrogens with zero attached hydrogens (tertiary/aromatic N) is 1. The molecular weight excluding hydrogens is 395 g/mol. The van der Waals surface area contributed by atoms with Crippen molar-refractivity contribution >= 4 is 11.9 Å². The van der Waals surface area contributed by atoms with Crippen molar-refractivity contribution in [2.45, 2.75) is 25.6 Å². The molecule has 0 spiro atoms. The van der Waals surface area contributed by atoms with Gasteiger partial charge in [-0.2, -0.15) is 13.2 Å². The zero-order valence-electron chi connectivity index (χ0n) is 16.4. The van der Waals surface area contributed by atoms with Crippen LogP contribution in [0.5, 0.6) is 0 Å². The number of benzene rings is 2. The first-order chi connectivity index (χ1) is 14.3. The fourth-order valence-corrected chi connectivity index (χ4v) is 3.48. The molecule has 1 aliphatic heterocycles. The van der Waals surface area contributed by atoms with Gasteiger partial charge < -0.3 is 15.5 Å². The monoisotopic (exact) mass is 419 g/mol. The van der Waals surface area contributed by atoms with E-state index in [1.54, 1.807) is 4.90 Å². The summed E-state index contributed by atoms with van der Waals surface area (Å²) in [5.41, 5.74) is 0.125. The lowest BCUT2D eigenvalue weighted by atomic mass is 9.98. The predicted molar refractivity (Wildman–Crippen MR) is 107 cm³/mol. The van der Waals surface area contributed by atoms with E-state index in [4.69, 9.17) is 0 Å². The number of likely N-dealkylation sites (tertiary alicyclic amines) is 1. The first-order valence-corrected chi connectivity index (χ1v) is 9.85. The smallest absolute Gasteiger partial charge is 0.352 e. The molecular formula is C22H24F3N3O2. The molecule has 0 aromatic heterocycles. The molecule has 1 unspecified atom stereocenters. The lowest BCUT2D eigenvalue weighted by Gasteiger charge is -2.33. The highest BCUT2D eigenvalue weighted by atomic mass is 19.4. The van der Waals surface area contributed by atoms with Gasteiger partial charge in [-0.3, -0.25) is 4.79 Å². The molecule has 1 atom stereocenters. The van der Waals surface area contributed by atoms with E-state index in [0.717, 1.165) is 30.5 Å². The molecule has 3 rings (SSSR count).